The van der Waals surface area contributed by atoms with Gasteiger partial charge in [0.1, 0.15) is 12.4 Å². The Labute approximate surface area is 169 Å². The van der Waals surface area contributed by atoms with E-state index in [1.807, 2.05) is 54.6 Å². The lowest BCUT2D eigenvalue weighted by atomic mass is 9.92. The summed E-state index contributed by atoms with van der Waals surface area (Å²) in [6.07, 6.45) is 3.17. The quantitative estimate of drug-likeness (QED) is 0.645. The van der Waals surface area contributed by atoms with Crippen molar-refractivity contribution in [2.45, 2.75) is 6.61 Å². The van der Waals surface area contributed by atoms with Gasteiger partial charge in [0.25, 0.3) is 0 Å². The molecule has 1 aliphatic heterocycles. The molecule has 142 valence electrons. The molecule has 0 saturated carbocycles. The number of ether oxygens (including phenoxy) is 1. The maximum absolute atomic E-state index is 11.6. The van der Waals surface area contributed by atoms with Crippen LogP contribution in [0.25, 0.3) is 11.6 Å². The highest BCUT2D eigenvalue weighted by molar-refractivity contribution is 7.92. The number of sulfonamides is 1. The first-order chi connectivity index (χ1) is 13.4. The summed E-state index contributed by atoms with van der Waals surface area (Å²) >= 11 is 6.17. The minimum Gasteiger partial charge on any atom is -0.488 e. The molecular weight excluding hydrogens is 394 g/mol. The first-order valence-corrected chi connectivity index (χ1v) is 11.0. The van der Waals surface area contributed by atoms with E-state index in [4.69, 9.17) is 16.3 Å². The van der Waals surface area contributed by atoms with Gasteiger partial charge in [-0.3, -0.25) is 4.72 Å². The zero-order valence-corrected chi connectivity index (χ0v) is 16.7. The molecule has 3 aromatic rings. The van der Waals surface area contributed by atoms with Gasteiger partial charge >= 0.3 is 0 Å². The molecule has 0 atom stereocenters. The van der Waals surface area contributed by atoms with Crippen molar-refractivity contribution in [2.75, 3.05) is 11.0 Å². The highest BCUT2D eigenvalue weighted by Crippen LogP contribution is 2.39. The first-order valence-electron chi connectivity index (χ1n) is 8.70. The third kappa shape index (κ3) is 4.06. The average molecular weight is 412 g/mol. The van der Waals surface area contributed by atoms with Gasteiger partial charge in [0.05, 0.1) is 6.26 Å². The number of rotatable bonds is 3. The van der Waals surface area contributed by atoms with Crippen LogP contribution in [-0.2, 0) is 16.6 Å². The molecule has 6 heteroatoms. The number of fused-ring (bicyclic) bond motifs is 2. The third-order valence-corrected chi connectivity index (χ3v) is 5.27. The normalized spacial score (nSPS) is 14.6. The van der Waals surface area contributed by atoms with E-state index in [1.54, 1.807) is 12.1 Å². The maximum Gasteiger partial charge on any atom is 0.229 e. The van der Waals surface area contributed by atoms with E-state index in [2.05, 4.69) is 10.8 Å². The van der Waals surface area contributed by atoms with Crippen molar-refractivity contribution in [3.8, 4) is 5.75 Å². The molecule has 3 aromatic carbocycles. The number of anilines is 1. The lowest BCUT2D eigenvalue weighted by Gasteiger charge is -2.11. The molecule has 0 radical (unpaired) electrons. The van der Waals surface area contributed by atoms with E-state index >= 15 is 0 Å². The van der Waals surface area contributed by atoms with E-state index in [0.29, 0.717) is 17.3 Å². The van der Waals surface area contributed by atoms with Crippen molar-refractivity contribution in [2.24, 2.45) is 0 Å². The van der Waals surface area contributed by atoms with Crippen LogP contribution in [0.5, 0.6) is 5.75 Å². The van der Waals surface area contributed by atoms with Crippen molar-refractivity contribution in [3.63, 3.8) is 0 Å². The van der Waals surface area contributed by atoms with Gasteiger partial charge in [-0.1, -0.05) is 48.0 Å². The van der Waals surface area contributed by atoms with E-state index in [9.17, 15) is 8.42 Å². The molecule has 0 aromatic heterocycles. The zero-order chi connectivity index (χ0) is 19.7. The van der Waals surface area contributed by atoms with Crippen LogP contribution in [0.4, 0.5) is 5.69 Å². The highest BCUT2D eigenvalue weighted by atomic mass is 35.5. The van der Waals surface area contributed by atoms with E-state index in [0.717, 1.165) is 39.8 Å². The molecule has 4 nitrogen and oxygen atoms in total. The summed E-state index contributed by atoms with van der Waals surface area (Å²) < 4.78 is 31.6. The molecule has 0 unspecified atom stereocenters. The van der Waals surface area contributed by atoms with Crippen molar-refractivity contribution in [1.82, 2.24) is 0 Å². The monoisotopic (exact) mass is 411 g/mol. The van der Waals surface area contributed by atoms with Crippen LogP contribution in [0.15, 0.2) is 66.7 Å². The fourth-order valence-corrected chi connectivity index (χ4v) is 3.99. The zero-order valence-electron chi connectivity index (χ0n) is 15.1. The highest BCUT2D eigenvalue weighted by Gasteiger charge is 2.19. The predicted molar refractivity (Wildman–Crippen MR) is 114 cm³/mol. The summed E-state index contributed by atoms with van der Waals surface area (Å²) in [5.74, 6) is 0.723. The van der Waals surface area contributed by atoms with E-state index in [-0.39, 0.29) is 0 Å². The number of halogens is 1. The second-order valence-electron chi connectivity index (χ2n) is 6.64. The summed E-state index contributed by atoms with van der Waals surface area (Å²) in [4.78, 5) is 0. The summed E-state index contributed by atoms with van der Waals surface area (Å²) in [7, 11) is -3.34. The maximum atomic E-state index is 11.6. The van der Waals surface area contributed by atoms with Gasteiger partial charge in [0.2, 0.25) is 10.0 Å². The Morgan fingerprint density at radius 2 is 1.82 bits per heavy atom. The summed E-state index contributed by atoms with van der Waals surface area (Å²) in [5, 5.41) is 0.614. The van der Waals surface area contributed by atoms with E-state index in [1.165, 1.54) is 0 Å². The molecule has 0 bridgehead atoms. The van der Waals surface area contributed by atoms with Crippen LogP contribution >= 0.6 is 11.6 Å². The van der Waals surface area contributed by atoms with Gasteiger partial charge in [-0.15, -0.1) is 0 Å². The van der Waals surface area contributed by atoms with Crippen molar-refractivity contribution in [3.05, 3.63) is 94.0 Å². The van der Waals surface area contributed by atoms with Gasteiger partial charge in [-0.05, 0) is 58.7 Å². The van der Waals surface area contributed by atoms with Crippen molar-refractivity contribution in [1.29, 1.82) is 0 Å². The minimum atomic E-state index is -3.34. The number of hydrogen-bond acceptors (Lipinski definition) is 3. The smallest absolute Gasteiger partial charge is 0.229 e. The Kier molecular flexibility index (Phi) is 4.87. The van der Waals surface area contributed by atoms with Crippen LogP contribution in [0.1, 0.15) is 22.3 Å². The Hall–Kier alpha value is -2.76. The van der Waals surface area contributed by atoms with E-state index < -0.39 is 10.0 Å². The first kappa shape index (κ1) is 18.6. The minimum absolute atomic E-state index is 0.455. The SMILES string of the molecule is CS(=O)(=O)Nc1cccc(C=C2c3ccccc3COc3cc(Cl)ccc32)c1. The summed E-state index contributed by atoms with van der Waals surface area (Å²) in [5.41, 5.74) is 5.48. The Morgan fingerprint density at radius 1 is 1.00 bits per heavy atom. The second-order valence-corrected chi connectivity index (χ2v) is 8.83. The third-order valence-electron chi connectivity index (χ3n) is 4.43. The van der Waals surface area contributed by atoms with Gasteiger partial charge in [-0.2, -0.15) is 0 Å². The predicted octanol–water partition coefficient (Wildman–Crippen LogP) is 5.19. The average Bonchev–Trinajstić information content (AvgIpc) is 2.78. The lowest BCUT2D eigenvalue weighted by molar-refractivity contribution is 0.307. The molecule has 4 rings (SSSR count). The topological polar surface area (TPSA) is 55.4 Å². The summed E-state index contributed by atoms with van der Waals surface area (Å²) in [6, 6.07) is 21.0. The molecule has 0 fully saturated rings. The molecule has 0 spiro atoms. The molecule has 1 N–H and O–H groups in total. The lowest BCUT2D eigenvalue weighted by Crippen LogP contribution is -2.09. The van der Waals surface area contributed by atoms with Gasteiger partial charge in [-0.25, -0.2) is 8.42 Å². The van der Waals surface area contributed by atoms with Crippen LogP contribution < -0.4 is 9.46 Å². The largest absolute Gasteiger partial charge is 0.488 e. The van der Waals surface area contributed by atoms with Crippen LogP contribution in [0, 0.1) is 0 Å². The van der Waals surface area contributed by atoms with Crippen LogP contribution in [-0.4, -0.2) is 14.7 Å². The fraction of sp³-hybridized carbons (Fsp3) is 0.0909. The molecular formula is C22H18ClNO3S. The molecule has 0 aliphatic carbocycles. The fourth-order valence-electron chi connectivity index (χ4n) is 3.28. The van der Waals surface area contributed by atoms with Crippen molar-refractivity contribution < 1.29 is 13.2 Å². The number of hydrogen-bond donors (Lipinski definition) is 1. The van der Waals surface area contributed by atoms with Gasteiger partial charge in [0.15, 0.2) is 0 Å². The second kappa shape index (κ2) is 7.34. The number of benzene rings is 3. The molecule has 1 aliphatic rings. The van der Waals surface area contributed by atoms with Gasteiger partial charge < -0.3 is 4.74 Å². The van der Waals surface area contributed by atoms with Crippen LogP contribution in [0.3, 0.4) is 0 Å². The van der Waals surface area contributed by atoms with Gasteiger partial charge in [0, 0.05) is 16.3 Å². The number of nitrogens with one attached hydrogen (secondary N) is 1. The summed E-state index contributed by atoms with van der Waals surface area (Å²) in [6.45, 7) is 0.455. The molecule has 28 heavy (non-hydrogen) atoms. The molecule has 0 saturated heterocycles. The standard InChI is InChI=1S/C22H18ClNO3S/c1-28(25,26)24-18-7-4-5-15(11-18)12-21-19-8-3-2-6-16(19)14-27-22-13-17(23)9-10-20(21)22/h2-13,24H,14H2,1H3. The molecule has 0 amide bonds. The van der Waals surface area contributed by atoms with Crippen molar-refractivity contribution >= 4 is 39.0 Å². The Bertz CT molecular complexity index is 1190. The molecule has 1 heterocycles. The van der Waals surface area contributed by atoms with Crippen LogP contribution in [0.2, 0.25) is 5.02 Å². The Morgan fingerprint density at radius 3 is 2.64 bits per heavy atom. The Balaban J connectivity index is 1.88.